The molecule has 0 aromatic heterocycles. The Morgan fingerprint density at radius 2 is 1.36 bits per heavy atom. The number of benzene rings is 2. The Morgan fingerprint density at radius 1 is 0.857 bits per heavy atom. The van der Waals surface area contributed by atoms with E-state index in [4.69, 9.17) is 9.47 Å². The summed E-state index contributed by atoms with van der Waals surface area (Å²) >= 11 is 0. The Hall–Kier alpha value is -4.27. The lowest BCUT2D eigenvalue weighted by molar-refractivity contribution is -0.236. The Labute approximate surface area is 240 Å². The first-order valence-corrected chi connectivity index (χ1v) is 12.8. The maximum Gasteiger partial charge on any atom is 0.336 e. The van der Waals surface area contributed by atoms with E-state index in [-0.39, 0.29) is 23.8 Å². The van der Waals surface area contributed by atoms with Gasteiger partial charge in [-0.3, -0.25) is 9.59 Å². The van der Waals surface area contributed by atoms with Crippen molar-refractivity contribution in [2.75, 3.05) is 26.8 Å². The molecule has 0 amide bonds. The van der Waals surface area contributed by atoms with Gasteiger partial charge in [0.15, 0.2) is 40.2 Å². The highest BCUT2D eigenvalue weighted by atomic mass is 16.5. The number of likely N-dealkylation sites (N-methyl/N-ethyl adjacent to an activating group) is 1. The molecule has 1 aliphatic carbocycles. The van der Waals surface area contributed by atoms with Crippen molar-refractivity contribution in [1.82, 2.24) is 5.32 Å². The number of carbonyl (C=O) groups excluding carboxylic acids is 2. The Balaban J connectivity index is 1.75. The highest BCUT2D eigenvalue weighted by molar-refractivity contribution is 5.95. The fourth-order valence-corrected chi connectivity index (χ4v) is 4.64. The lowest BCUT2D eigenvalue weighted by Crippen LogP contribution is -2.67. The molecule has 3 rings (SSSR count). The van der Waals surface area contributed by atoms with Gasteiger partial charge >= 0.3 is 5.97 Å². The minimum atomic E-state index is -2.17. The molecule has 13 heteroatoms. The number of hydrogen-bond acceptors (Lipinski definition) is 12. The van der Waals surface area contributed by atoms with Gasteiger partial charge in [0.2, 0.25) is 0 Å². The van der Waals surface area contributed by atoms with Crippen LogP contribution >= 0.6 is 0 Å². The summed E-state index contributed by atoms with van der Waals surface area (Å²) < 4.78 is 11.3. The number of ether oxygens (including phenoxy) is 2. The maximum absolute atomic E-state index is 12.6. The van der Waals surface area contributed by atoms with Crippen LogP contribution in [0.5, 0.6) is 23.0 Å². The second-order valence-corrected chi connectivity index (χ2v) is 9.96. The van der Waals surface area contributed by atoms with Crippen LogP contribution in [0, 0.1) is 0 Å². The molecule has 4 atom stereocenters. The number of aliphatic carboxylic acids is 1. The van der Waals surface area contributed by atoms with Crippen LogP contribution in [0.15, 0.2) is 48.6 Å². The summed E-state index contributed by atoms with van der Waals surface area (Å²) in [6.07, 6.45) is 0.523. The molecule has 0 spiro atoms. The van der Waals surface area contributed by atoms with Crippen LogP contribution in [-0.2, 0) is 23.9 Å². The molecule has 0 radical (unpaired) electrons. The van der Waals surface area contributed by atoms with Gasteiger partial charge in [-0.1, -0.05) is 24.3 Å². The van der Waals surface area contributed by atoms with Crippen molar-refractivity contribution in [2.45, 2.75) is 36.3 Å². The second kappa shape index (κ2) is 13.6. The maximum atomic E-state index is 12.6. The second-order valence-electron chi connectivity index (χ2n) is 9.96. The number of nitrogens with one attached hydrogen (secondary N) is 1. The topological polar surface area (TPSA) is 223 Å². The molecule has 2 aromatic rings. The average molecular weight is 588 g/mol. The predicted molar refractivity (Wildman–Crippen MR) is 148 cm³/mol. The van der Waals surface area contributed by atoms with E-state index < -0.39 is 72.8 Å². The molecule has 8 N–H and O–H groups in total. The number of aliphatic hydroxyl groups is 2. The number of carbonyl (C=O) groups is 3. The van der Waals surface area contributed by atoms with Crippen molar-refractivity contribution in [2.24, 2.45) is 0 Å². The van der Waals surface area contributed by atoms with Gasteiger partial charge < -0.3 is 50.5 Å². The van der Waals surface area contributed by atoms with E-state index in [0.717, 1.165) is 12.2 Å². The van der Waals surface area contributed by atoms with Gasteiger partial charge in [0, 0.05) is 19.4 Å². The first-order chi connectivity index (χ1) is 19.8. The van der Waals surface area contributed by atoms with Crippen molar-refractivity contribution >= 4 is 29.7 Å². The fraction of sp³-hybridized carbons (Fsp3) is 0.345. The average Bonchev–Trinajstić information content (AvgIpc) is 2.94. The molecule has 42 heavy (non-hydrogen) atoms. The number of phenolic OH excluding ortho intramolecular Hbond substituents is 4. The Morgan fingerprint density at radius 3 is 1.81 bits per heavy atom. The molecule has 1 saturated carbocycles. The molecular weight excluding hydrogens is 554 g/mol. The molecule has 0 bridgehead atoms. The predicted octanol–water partition coefficient (Wildman–Crippen LogP) is 0.704. The van der Waals surface area contributed by atoms with E-state index in [1.54, 1.807) is 0 Å². The molecule has 0 heterocycles. The summed E-state index contributed by atoms with van der Waals surface area (Å²) in [6.45, 7) is -1.53. The van der Waals surface area contributed by atoms with E-state index in [1.807, 2.05) is 0 Å². The monoisotopic (exact) mass is 587 g/mol. The number of aromatic hydroxyl groups is 4. The lowest BCUT2D eigenvalue weighted by Gasteiger charge is -2.49. The van der Waals surface area contributed by atoms with Crippen LogP contribution in [0.1, 0.15) is 24.0 Å². The molecular formula is C29H33NO12. The molecule has 1 aliphatic rings. The molecule has 1 fully saturated rings. The Kier molecular flexibility index (Phi) is 10.4. The van der Waals surface area contributed by atoms with Gasteiger partial charge in [0.05, 0.1) is 6.10 Å². The first-order valence-electron chi connectivity index (χ1n) is 12.8. The van der Waals surface area contributed by atoms with Gasteiger partial charge in [-0.25, -0.2) is 4.79 Å². The number of phenols is 4. The smallest absolute Gasteiger partial charge is 0.336 e. The van der Waals surface area contributed by atoms with Crippen LogP contribution in [0.3, 0.4) is 0 Å². The third kappa shape index (κ3) is 7.72. The normalized spacial score (nSPS) is 24.3. The summed E-state index contributed by atoms with van der Waals surface area (Å²) in [6, 6.07) is 7.80. The third-order valence-electron chi connectivity index (χ3n) is 6.81. The molecule has 226 valence electrons. The largest absolute Gasteiger partial charge is 0.504 e. The van der Waals surface area contributed by atoms with Gasteiger partial charge in [-0.05, 0) is 54.6 Å². The molecule has 0 aliphatic heterocycles. The molecule has 13 nitrogen and oxygen atoms in total. The standard InChI is InChI=1S/C29H33NO12/c1-30-16-29(42-14-20(32)7-3-18-5-9-22(34)24(36)11-18)15-28(27(39)40,12-25(37)26(29)38)41-13-19(31)6-2-17-4-8-21(33)23(35)10-17/h2-11,25-26,30,33-38H,12-16H2,1H3,(H,39,40). The third-order valence-corrected chi connectivity index (χ3v) is 6.81. The van der Waals surface area contributed by atoms with Crippen molar-refractivity contribution in [3.63, 3.8) is 0 Å². The van der Waals surface area contributed by atoms with Crippen LogP contribution in [0.2, 0.25) is 0 Å². The lowest BCUT2D eigenvalue weighted by atomic mass is 9.71. The SMILES string of the molecule is CNCC1(OCC(=O)C=Cc2ccc(O)c(O)c2)CC(OCC(=O)C=Cc2ccc(O)c(O)c2)(C(=O)O)CC(O)C1O. The van der Waals surface area contributed by atoms with Crippen molar-refractivity contribution < 1.29 is 59.6 Å². The summed E-state index contributed by atoms with van der Waals surface area (Å²) in [7, 11) is 1.50. The van der Waals surface area contributed by atoms with Gasteiger partial charge in [0.25, 0.3) is 0 Å². The number of ketones is 2. The number of hydrogen-bond donors (Lipinski definition) is 8. The summed E-state index contributed by atoms with van der Waals surface area (Å²) in [5, 5.41) is 72.4. The van der Waals surface area contributed by atoms with Crippen LogP contribution in [0.25, 0.3) is 12.2 Å². The van der Waals surface area contributed by atoms with Gasteiger partial charge in [-0.2, -0.15) is 0 Å². The first kappa shape index (κ1) is 32.2. The highest BCUT2D eigenvalue weighted by Crippen LogP contribution is 2.41. The molecule has 4 unspecified atom stereocenters. The Bertz CT molecular complexity index is 1370. The van der Waals surface area contributed by atoms with Crippen molar-refractivity contribution in [1.29, 1.82) is 0 Å². The fourth-order valence-electron chi connectivity index (χ4n) is 4.64. The zero-order valence-corrected chi connectivity index (χ0v) is 22.6. The number of carboxylic acids is 1. The van der Waals surface area contributed by atoms with Crippen LogP contribution in [-0.4, -0.2) is 103 Å². The van der Waals surface area contributed by atoms with E-state index in [2.05, 4.69) is 5.32 Å². The molecule has 0 saturated heterocycles. The van der Waals surface area contributed by atoms with E-state index in [9.17, 15) is 50.1 Å². The zero-order chi connectivity index (χ0) is 31.1. The van der Waals surface area contributed by atoms with E-state index in [0.29, 0.717) is 11.1 Å². The van der Waals surface area contributed by atoms with Crippen molar-refractivity contribution in [3.8, 4) is 23.0 Å². The minimum absolute atomic E-state index is 0.190. The highest BCUT2D eigenvalue weighted by Gasteiger charge is 2.59. The summed E-state index contributed by atoms with van der Waals surface area (Å²) in [5.41, 5.74) is -3.20. The number of carboxylic acid groups (broad SMARTS) is 1. The number of rotatable bonds is 13. The molecule has 2 aromatic carbocycles. The van der Waals surface area contributed by atoms with Gasteiger partial charge in [0.1, 0.15) is 24.9 Å². The van der Waals surface area contributed by atoms with E-state index >= 15 is 0 Å². The summed E-state index contributed by atoms with van der Waals surface area (Å²) in [4.78, 5) is 37.5. The van der Waals surface area contributed by atoms with Crippen LogP contribution in [0.4, 0.5) is 0 Å². The van der Waals surface area contributed by atoms with E-state index in [1.165, 1.54) is 55.6 Å². The number of aliphatic hydroxyl groups excluding tert-OH is 2. The van der Waals surface area contributed by atoms with Crippen LogP contribution < -0.4 is 5.32 Å². The summed E-state index contributed by atoms with van der Waals surface area (Å²) in [5.74, 6) is -4.21. The minimum Gasteiger partial charge on any atom is -0.504 e. The zero-order valence-electron chi connectivity index (χ0n) is 22.6. The van der Waals surface area contributed by atoms with Gasteiger partial charge in [-0.15, -0.1) is 0 Å². The van der Waals surface area contributed by atoms with Crippen molar-refractivity contribution in [3.05, 3.63) is 59.7 Å². The quantitative estimate of drug-likeness (QED) is 0.120.